The number of nitro groups is 1. The maximum absolute atomic E-state index is 14.2. The number of amidine groups is 1. The number of hydrogen-bond acceptors (Lipinski definition) is 7. The standard InChI is InChI=1S/C28H27ClN6O5/c1-17(2)40-23-15-20(35(38)39)10-11-21(23)27-32-25(18-6-8-19(29)9-7-18)26(22-5-3-4-12-30-22)34(27)28(37)33-14-13-31-24(36)16-33/h3-12,15,17,25-26H,13-14,16H2,1-2H3,(H,31,36)/t25-,26+/m0/s1. The van der Waals surface area contributed by atoms with Crippen LogP contribution in [0.15, 0.2) is 71.9 Å². The quantitative estimate of drug-likeness (QED) is 0.347. The molecule has 3 aromatic rings. The number of halogens is 1. The van der Waals surface area contributed by atoms with Gasteiger partial charge in [0.2, 0.25) is 5.91 Å². The van der Waals surface area contributed by atoms with Gasteiger partial charge in [-0.05, 0) is 49.7 Å². The van der Waals surface area contributed by atoms with Crippen molar-refractivity contribution < 1.29 is 19.2 Å². The Bertz CT molecular complexity index is 1460. The maximum Gasteiger partial charge on any atom is 0.326 e. The Hall–Kier alpha value is -4.51. The molecule has 12 heteroatoms. The summed E-state index contributed by atoms with van der Waals surface area (Å²) in [7, 11) is 0. The zero-order chi connectivity index (χ0) is 28.4. The van der Waals surface area contributed by atoms with Crippen LogP contribution in [0, 0.1) is 10.1 Å². The average molecular weight is 563 g/mol. The van der Waals surface area contributed by atoms with Gasteiger partial charge in [0.1, 0.15) is 30.2 Å². The van der Waals surface area contributed by atoms with E-state index in [1.807, 2.05) is 38.1 Å². The van der Waals surface area contributed by atoms with Crippen LogP contribution in [-0.4, -0.2) is 63.2 Å². The van der Waals surface area contributed by atoms with Gasteiger partial charge in [-0.3, -0.25) is 29.8 Å². The second-order valence-corrected chi connectivity index (χ2v) is 10.1. The first-order valence-corrected chi connectivity index (χ1v) is 13.1. The Morgan fingerprint density at radius 2 is 1.95 bits per heavy atom. The minimum Gasteiger partial charge on any atom is -0.490 e. The molecule has 1 N–H and O–H groups in total. The Morgan fingerprint density at radius 3 is 2.60 bits per heavy atom. The fourth-order valence-electron chi connectivity index (χ4n) is 4.82. The van der Waals surface area contributed by atoms with Crippen LogP contribution in [0.3, 0.4) is 0 Å². The van der Waals surface area contributed by atoms with Gasteiger partial charge in [-0.1, -0.05) is 29.8 Å². The number of non-ortho nitro benzene ring substituents is 1. The highest BCUT2D eigenvalue weighted by Crippen LogP contribution is 2.45. The zero-order valence-corrected chi connectivity index (χ0v) is 22.6. The van der Waals surface area contributed by atoms with Crippen molar-refractivity contribution in [3.05, 3.63) is 98.8 Å². The number of ether oxygens (including phenoxy) is 1. The van der Waals surface area contributed by atoms with Crippen LogP contribution in [0.25, 0.3) is 0 Å². The van der Waals surface area contributed by atoms with Crippen molar-refractivity contribution in [2.75, 3.05) is 19.6 Å². The molecule has 1 saturated heterocycles. The number of hydrogen-bond donors (Lipinski definition) is 1. The lowest BCUT2D eigenvalue weighted by atomic mass is 9.97. The van der Waals surface area contributed by atoms with E-state index in [2.05, 4.69) is 10.3 Å². The van der Waals surface area contributed by atoms with Gasteiger partial charge in [0, 0.05) is 30.4 Å². The Balaban J connectivity index is 1.71. The van der Waals surface area contributed by atoms with Crippen LogP contribution >= 0.6 is 11.6 Å². The third kappa shape index (κ3) is 5.46. The second-order valence-electron chi connectivity index (χ2n) is 9.68. The summed E-state index contributed by atoms with van der Waals surface area (Å²) in [5.74, 6) is 0.214. The molecule has 40 heavy (non-hydrogen) atoms. The van der Waals surface area contributed by atoms with E-state index in [1.54, 1.807) is 24.4 Å². The molecular weight excluding hydrogens is 536 g/mol. The highest BCUT2D eigenvalue weighted by Gasteiger charge is 2.46. The third-order valence-electron chi connectivity index (χ3n) is 6.56. The van der Waals surface area contributed by atoms with Crippen LogP contribution in [0.4, 0.5) is 10.5 Å². The third-order valence-corrected chi connectivity index (χ3v) is 6.82. The number of aromatic nitrogens is 1. The molecule has 5 rings (SSSR count). The minimum absolute atomic E-state index is 0.112. The van der Waals surface area contributed by atoms with Crippen molar-refractivity contribution in [2.24, 2.45) is 4.99 Å². The number of benzene rings is 2. The number of carbonyl (C=O) groups is 2. The normalized spacial score (nSPS) is 18.9. The number of nitro benzene ring substituents is 1. The van der Waals surface area contributed by atoms with Crippen LogP contribution in [0.2, 0.25) is 5.02 Å². The number of pyridine rings is 1. The number of amides is 3. The molecule has 0 bridgehead atoms. The Kier molecular flexibility index (Phi) is 7.65. The summed E-state index contributed by atoms with van der Waals surface area (Å²) in [4.78, 5) is 50.1. The fraction of sp³-hybridized carbons (Fsp3) is 0.286. The van der Waals surface area contributed by atoms with Crippen LogP contribution in [0.5, 0.6) is 5.75 Å². The fourth-order valence-corrected chi connectivity index (χ4v) is 4.95. The molecule has 0 aliphatic carbocycles. The SMILES string of the molecule is CC(C)Oc1cc([N+](=O)[O-])ccc1C1=N[C@@H](c2ccc(Cl)cc2)[C@@H](c2ccccn2)N1C(=O)N1CCNC(=O)C1. The predicted molar refractivity (Wildman–Crippen MR) is 148 cm³/mol. The molecule has 3 amide bonds. The van der Waals surface area contributed by atoms with Crippen LogP contribution < -0.4 is 10.1 Å². The van der Waals surface area contributed by atoms with E-state index in [0.29, 0.717) is 29.4 Å². The number of rotatable bonds is 6. The van der Waals surface area contributed by atoms with Crippen LogP contribution in [-0.2, 0) is 4.79 Å². The van der Waals surface area contributed by atoms with Crippen molar-refractivity contribution in [1.29, 1.82) is 0 Å². The monoisotopic (exact) mass is 562 g/mol. The molecule has 0 saturated carbocycles. The first kappa shape index (κ1) is 27.1. The molecule has 1 aromatic heterocycles. The summed E-state index contributed by atoms with van der Waals surface area (Å²) in [6.07, 6.45) is 1.33. The van der Waals surface area contributed by atoms with E-state index in [9.17, 15) is 19.7 Å². The van der Waals surface area contributed by atoms with Gasteiger partial charge in [0.25, 0.3) is 5.69 Å². The maximum atomic E-state index is 14.2. The van der Waals surface area contributed by atoms with E-state index in [4.69, 9.17) is 21.3 Å². The van der Waals surface area contributed by atoms with Crippen molar-refractivity contribution >= 4 is 35.1 Å². The number of aliphatic imine (C=N–C) groups is 1. The van der Waals surface area contributed by atoms with Crippen molar-refractivity contribution in [3.8, 4) is 5.75 Å². The summed E-state index contributed by atoms with van der Waals surface area (Å²) in [6, 6.07) is 15.1. The molecule has 0 spiro atoms. The Labute approximate surface area is 235 Å². The van der Waals surface area contributed by atoms with E-state index < -0.39 is 23.0 Å². The van der Waals surface area contributed by atoms with Crippen molar-refractivity contribution in [3.63, 3.8) is 0 Å². The number of urea groups is 1. The van der Waals surface area contributed by atoms with E-state index >= 15 is 0 Å². The zero-order valence-electron chi connectivity index (χ0n) is 21.9. The van der Waals surface area contributed by atoms with Gasteiger partial charge in [-0.2, -0.15) is 0 Å². The van der Waals surface area contributed by atoms with Gasteiger partial charge in [-0.25, -0.2) is 4.79 Å². The van der Waals surface area contributed by atoms with Crippen molar-refractivity contribution in [2.45, 2.75) is 32.0 Å². The number of carbonyl (C=O) groups excluding carboxylic acids is 2. The molecule has 2 aliphatic heterocycles. The van der Waals surface area contributed by atoms with Gasteiger partial charge in [0.05, 0.1) is 28.4 Å². The summed E-state index contributed by atoms with van der Waals surface area (Å²) in [6.45, 7) is 4.13. The molecule has 0 radical (unpaired) electrons. The molecule has 3 heterocycles. The molecule has 2 aromatic carbocycles. The largest absolute Gasteiger partial charge is 0.490 e. The molecule has 0 unspecified atom stereocenters. The summed E-state index contributed by atoms with van der Waals surface area (Å²) in [5, 5.41) is 14.9. The first-order chi connectivity index (χ1) is 19.2. The molecule has 206 valence electrons. The van der Waals surface area contributed by atoms with Crippen LogP contribution in [0.1, 0.15) is 42.8 Å². The van der Waals surface area contributed by atoms with Gasteiger partial charge in [0.15, 0.2) is 0 Å². The highest BCUT2D eigenvalue weighted by atomic mass is 35.5. The second kappa shape index (κ2) is 11.3. The molecule has 1 fully saturated rings. The lowest BCUT2D eigenvalue weighted by Gasteiger charge is -2.35. The molecule has 11 nitrogen and oxygen atoms in total. The molecular formula is C28H27ClN6O5. The number of piperazine rings is 1. The van der Waals surface area contributed by atoms with E-state index in [-0.39, 0.29) is 35.8 Å². The minimum atomic E-state index is -0.683. The number of nitrogens with one attached hydrogen (secondary N) is 1. The van der Waals surface area contributed by atoms with E-state index in [1.165, 1.54) is 28.0 Å². The summed E-state index contributed by atoms with van der Waals surface area (Å²) in [5.41, 5.74) is 1.63. The smallest absolute Gasteiger partial charge is 0.326 e. The first-order valence-electron chi connectivity index (χ1n) is 12.8. The molecule has 2 aliphatic rings. The van der Waals surface area contributed by atoms with Gasteiger partial charge >= 0.3 is 6.03 Å². The number of nitrogens with zero attached hydrogens (tertiary/aromatic N) is 5. The van der Waals surface area contributed by atoms with E-state index in [0.717, 1.165) is 5.56 Å². The van der Waals surface area contributed by atoms with Gasteiger partial charge < -0.3 is 15.0 Å². The topological polar surface area (TPSA) is 130 Å². The summed E-state index contributed by atoms with van der Waals surface area (Å²) < 4.78 is 6.00. The highest BCUT2D eigenvalue weighted by molar-refractivity contribution is 6.30. The summed E-state index contributed by atoms with van der Waals surface area (Å²) >= 11 is 6.17. The lowest BCUT2D eigenvalue weighted by Crippen LogP contribution is -2.55. The average Bonchev–Trinajstić information content (AvgIpc) is 3.33. The Morgan fingerprint density at radius 1 is 1.18 bits per heavy atom. The molecule has 2 atom stereocenters. The van der Waals surface area contributed by atoms with Crippen molar-refractivity contribution in [1.82, 2.24) is 20.1 Å². The van der Waals surface area contributed by atoms with Gasteiger partial charge in [-0.15, -0.1) is 0 Å². The predicted octanol–water partition coefficient (Wildman–Crippen LogP) is 4.53. The lowest BCUT2D eigenvalue weighted by molar-refractivity contribution is -0.384.